The Morgan fingerprint density at radius 1 is 1.00 bits per heavy atom. The van der Waals surface area contributed by atoms with Crippen molar-refractivity contribution in [1.29, 1.82) is 0 Å². The highest BCUT2D eigenvalue weighted by Crippen LogP contribution is 2.30. The first-order valence-corrected chi connectivity index (χ1v) is 10.9. The maximum absolute atomic E-state index is 5.77. The van der Waals surface area contributed by atoms with E-state index in [0.29, 0.717) is 26.4 Å². The Morgan fingerprint density at radius 2 is 1.78 bits per heavy atom. The Labute approximate surface area is 207 Å². The average Bonchev–Trinajstić information content (AvgIpc) is 3.04. The van der Waals surface area contributed by atoms with Gasteiger partial charge in [-0.1, -0.05) is 12.1 Å². The predicted octanol–water partition coefficient (Wildman–Crippen LogP) is 4.17. The Hall–Kier alpha value is -2.36. The van der Waals surface area contributed by atoms with Crippen LogP contribution in [0, 0.1) is 0 Å². The van der Waals surface area contributed by atoms with Crippen LogP contribution in [0.3, 0.4) is 0 Å². The summed E-state index contributed by atoms with van der Waals surface area (Å²) in [6.45, 7) is 5.45. The lowest BCUT2D eigenvalue weighted by molar-refractivity contribution is 0.297. The van der Waals surface area contributed by atoms with Gasteiger partial charge in [0.25, 0.3) is 0 Å². The molecule has 0 fully saturated rings. The Kier molecular flexibility index (Phi) is 11.3. The van der Waals surface area contributed by atoms with E-state index in [1.165, 1.54) is 5.56 Å². The second-order valence-electron chi connectivity index (χ2n) is 7.21. The fraction of sp³-hybridized carbons (Fsp3) is 0.458. The van der Waals surface area contributed by atoms with Gasteiger partial charge in [0.1, 0.15) is 0 Å². The van der Waals surface area contributed by atoms with Crippen LogP contribution in [0.5, 0.6) is 23.0 Å². The molecule has 0 unspecified atom stereocenters. The molecule has 0 amide bonds. The molecule has 1 aliphatic heterocycles. The minimum absolute atomic E-state index is 0. The number of methoxy groups -OCH3 is 1. The van der Waals surface area contributed by atoms with E-state index in [-0.39, 0.29) is 24.0 Å². The van der Waals surface area contributed by atoms with Gasteiger partial charge in [-0.05, 0) is 55.2 Å². The summed E-state index contributed by atoms with van der Waals surface area (Å²) in [5, 5.41) is 6.73. The lowest BCUT2D eigenvalue weighted by atomic mass is 10.1. The molecule has 0 aromatic heterocycles. The summed E-state index contributed by atoms with van der Waals surface area (Å²) in [4.78, 5) is 4.31. The zero-order valence-corrected chi connectivity index (χ0v) is 21.4. The number of hydrogen-bond donors (Lipinski definition) is 2. The van der Waals surface area contributed by atoms with Crippen LogP contribution in [0.2, 0.25) is 0 Å². The minimum Gasteiger partial charge on any atom is -0.493 e. The van der Waals surface area contributed by atoms with Gasteiger partial charge in [-0.3, -0.25) is 4.99 Å². The van der Waals surface area contributed by atoms with Gasteiger partial charge in [0.15, 0.2) is 29.0 Å². The van der Waals surface area contributed by atoms with Crippen molar-refractivity contribution < 1.29 is 18.9 Å². The summed E-state index contributed by atoms with van der Waals surface area (Å²) in [6, 6.07) is 12.1. The van der Waals surface area contributed by atoms with Gasteiger partial charge in [0.2, 0.25) is 0 Å². The van der Waals surface area contributed by atoms with E-state index < -0.39 is 0 Å². The number of fused-ring (bicyclic) bond motifs is 1. The zero-order chi connectivity index (χ0) is 21.9. The van der Waals surface area contributed by atoms with E-state index in [4.69, 9.17) is 18.9 Å². The van der Waals surface area contributed by atoms with Crippen molar-refractivity contribution in [3.8, 4) is 23.0 Å². The van der Waals surface area contributed by atoms with Gasteiger partial charge >= 0.3 is 0 Å². The molecular formula is C24H34IN3O4. The summed E-state index contributed by atoms with van der Waals surface area (Å²) in [7, 11) is 3.44. The molecule has 0 bridgehead atoms. The first kappa shape index (κ1) is 25.9. The number of ether oxygens (including phenoxy) is 4. The number of hydrogen-bond acceptors (Lipinski definition) is 5. The van der Waals surface area contributed by atoms with E-state index in [1.807, 2.05) is 31.2 Å². The van der Waals surface area contributed by atoms with E-state index in [2.05, 4.69) is 27.8 Å². The van der Waals surface area contributed by atoms with Gasteiger partial charge in [-0.2, -0.15) is 0 Å². The van der Waals surface area contributed by atoms with Crippen LogP contribution < -0.4 is 29.6 Å². The fourth-order valence-electron chi connectivity index (χ4n) is 3.37. The van der Waals surface area contributed by atoms with E-state index in [1.54, 1.807) is 14.2 Å². The van der Waals surface area contributed by atoms with Gasteiger partial charge in [0.05, 0.1) is 26.9 Å². The Bertz CT molecular complexity index is 876. The van der Waals surface area contributed by atoms with Crippen LogP contribution in [0.1, 0.15) is 30.9 Å². The zero-order valence-electron chi connectivity index (χ0n) is 19.1. The number of aryl methyl sites for hydroxylation is 1. The molecule has 0 radical (unpaired) electrons. The van der Waals surface area contributed by atoms with E-state index in [0.717, 1.165) is 60.3 Å². The van der Waals surface area contributed by atoms with Crippen LogP contribution in [-0.4, -0.2) is 46.5 Å². The largest absolute Gasteiger partial charge is 0.493 e. The van der Waals surface area contributed by atoms with Crippen LogP contribution in [0.15, 0.2) is 41.4 Å². The molecule has 1 aliphatic rings. The number of aliphatic imine (C=N–C) groups is 1. The van der Waals surface area contributed by atoms with Crippen LogP contribution in [-0.2, 0) is 13.0 Å². The second kappa shape index (κ2) is 13.9. The molecule has 8 heteroatoms. The maximum atomic E-state index is 5.77. The number of guanidine groups is 1. The van der Waals surface area contributed by atoms with E-state index in [9.17, 15) is 0 Å². The van der Waals surface area contributed by atoms with Gasteiger partial charge in [-0.25, -0.2) is 0 Å². The fourth-order valence-corrected chi connectivity index (χ4v) is 3.37. The van der Waals surface area contributed by atoms with Crippen LogP contribution in [0.4, 0.5) is 0 Å². The third-order valence-electron chi connectivity index (χ3n) is 4.96. The highest BCUT2D eigenvalue weighted by molar-refractivity contribution is 14.0. The predicted molar refractivity (Wildman–Crippen MR) is 138 cm³/mol. The summed E-state index contributed by atoms with van der Waals surface area (Å²) in [5.41, 5.74) is 2.34. The molecule has 0 saturated carbocycles. The normalized spacial score (nSPS) is 12.9. The highest BCUT2D eigenvalue weighted by atomic mass is 127. The highest BCUT2D eigenvalue weighted by Gasteiger charge is 2.11. The smallest absolute Gasteiger partial charge is 0.191 e. The number of nitrogens with zero attached hydrogens (tertiary/aromatic N) is 1. The van der Waals surface area contributed by atoms with Crippen molar-refractivity contribution in [3.63, 3.8) is 0 Å². The SMILES string of the molecule is CCOc1cc(CCCNC(=NC)NCc2ccc3c(c2)OCCCO3)ccc1OC.I. The molecule has 0 saturated heterocycles. The molecule has 2 aromatic carbocycles. The Balaban J connectivity index is 0.00000363. The molecule has 0 atom stereocenters. The number of halogens is 1. The maximum Gasteiger partial charge on any atom is 0.191 e. The van der Waals surface area contributed by atoms with E-state index >= 15 is 0 Å². The molecule has 0 spiro atoms. The molecule has 7 nitrogen and oxygen atoms in total. The monoisotopic (exact) mass is 555 g/mol. The quantitative estimate of drug-likeness (QED) is 0.210. The van der Waals surface area contributed by atoms with Gasteiger partial charge in [0, 0.05) is 26.6 Å². The molecule has 176 valence electrons. The summed E-state index contributed by atoms with van der Waals surface area (Å²) < 4.78 is 22.5. The van der Waals surface area contributed by atoms with Crippen molar-refractivity contribution in [2.24, 2.45) is 4.99 Å². The third kappa shape index (κ3) is 7.65. The topological polar surface area (TPSA) is 73.3 Å². The van der Waals surface area contributed by atoms with Crippen molar-refractivity contribution in [3.05, 3.63) is 47.5 Å². The van der Waals surface area contributed by atoms with Gasteiger partial charge in [-0.15, -0.1) is 24.0 Å². The number of benzene rings is 2. The first-order valence-electron chi connectivity index (χ1n) is 10.9. The third-order valence-corrected chi connectivity index (χ3v) is 4.96. The molecule has 1 heterocycles. The van der Waals surface area contributed by atoms with Crippen molar-refractivity contribution >= 4 is 29.9 Å². The average molecular weight is 555 g/mol. The summed E-state index contributed by atoms with van der Waals surface area (Å²) >= 11 is 0. The van der Waals surface area contributed by atoms with Gasteiger partial charge < -0.3 is 29.6 Å². The lowest BCUT2D eigenvalue weighted by Crippen LogP contribution is -2.37. The molecule has 32 heavy (non-hydrogen) atoms. The van der Waals surface area contributed by atoms with Crippen molar-refractivity contribution in [1.82, 2.24) is 10.6 Å². The minimum atomic E-state index is 0. The summed E-state index contributed by atoms with van der Waals surface area (Å²) in [6.07, 6.45) is 2.82. The Morgan fingerprint density at radius 3 is 2.53 bits per heavy atom. The molecule has 2 N–H and O–H groups in total. The molecular weight excluding hydrogens is 521 g/mol. The van der Waals surface area contributed by atoms with Crippen LogP contribution >= 0.6 is 24.0 Å². The molecule has 3 rings (SSSR count). The first-order chi connectivity index (χ1) is 15.2. The standard InChI is InChI=1S/C24H33N3O4.HI/c1-4-29-22-15-18(8-10-20(22)28-3)7-5-12-26-24(25-2)27-17-19-9-11-21-23(16-19)31-14-6-13-30-21;/h8-11,15-16H,4-7,12-14,17H2,1-3H3,(H2,25,26,27);1H. The molecule has 0 aliphatic carbocycles. The lowest BCUT2D eigenvalue weighted by Gasteiger charge is -2.14. The second-order valence-corrected chi connectivity index (χ2v) is 7.21. The van der Waals surface area contributed by atoms with Crippen molar-refractivity contribution in [2.45, 2.75) is 32.7 Å². The summed E-state index contributed by atoms with van der Waals surface area (Å²) in [5.74, 6) is 3.96. The number of nitrogens with one attached hydrogen (secondary N) is 2. The van der Waals surface area contributed by atoms with Crippen molar-refractivity contribution in [2.75, 3.05) is 40.5 Å². The molecule has 2 aromatic rings. The number of rotatable bonds is 9. The van der Waals surface area contributed by atoms with Crippen LogP contribution in [0.25, 0.3) is 0 Å².